The van der Waals surface area contributed by atoms with E-state index in [1.807, 2.05) is 0 Å². The predicted octanol–water partition coefficient (Wildman–Crippen LogP) is 6.47. The van der Waals surface area contributed by atoms with Gasteiger partial charge in [0.05, 0.1) is 17.1 Å². The number of oxazole rings is 1. The largest absolute Gasteiger partial charge is 0.495 e. The number of aromatic nitrogens is 1. The minimum absolute atomic E-state index is 0.0907. The van der Waals surface area contributed by atoms with Crippen molar-refractivity contribution in [3.8, 4) is 17.2 Å². The molecule has 38 heavy (non-hydrogen) atoms. The highest BCUT2D eigenvalue weighted by molar-refractivity contribution is 7.94. The SMILES string of the molecule is COc1ccc(Cl)cc1S(=O)(=O)Nc1ccc(-c2nc3cc(NS(=O)(=O)c4ccc(Cl)s4)ccc3o2)cc1. The molecule has 196 valence electrons. The van der Waals surface area contributed by atoms with Crippen molar-refractivity contribution in [1.82, 2.24) is 4.98 Å². The number of rotatable bonds is 8. The molecule has 9 nitrogen and oxygen atoms in total. The Morgan fingerprint density at radius 1 is 0.842 bits per heavy atom. The van der Waals surface area contributed by atoms with E-state index in [9.17, 15) is 16.8 Å². The van der Waals surface area contributed by atoms with Gasteiger partial charge in [-0.2, -0.15) is 0 Å². The first-order valence-corrected chi connectivity index (χ1v) is 15.2. The van der Waals surface area contributed by atoms with Crippen LogP contribution in [0.15, 0.2) is 86.3 Å². The summed E-state index contributed by atoms with van der Waals surface area (Å²) in [6.45, 7) is 0. The van der Waals surface area contributed by atoms with Gasteiger partial charge < -0.3 is 9.15 Å². The van der Waals surface area contributed by atoms with E-state index in [1.54, 1.807) is 42.5 Å². The maximum Gasteiger partial charge on any atom is 0.271 e. The quantitative estimate of drug-likeness (QED) is 0.206. The summed E-state index contributed by atoms with van der Waals surface area (Å²) >= 11 is 12.8. The van der Waals surface area contributed by atoms with Crippen molar-refractivity contribution in [3.63, 3.8) is 0 Å². The molecule has 3 aromatic carbocycles. The molecule has 0 aliphatic carbocycles. The predicted molar refractivity (Wildman–Crippen MR) is 148 cm³/mol. The van der Waals surface area contributed by atoms with Gasteiger partial charge in [-0.3, -0.25) is 9.44 Å². The van der Waals surface area contributed by atoms with E-state index in [4.69, 9.17) is 32.4 Å². The van der Waals surface area contributed by atoms with Gasteiger partial charge in [0.2, 0.25) is 5.89 Å². The number of nitrogens with one attached hydrogen (secondary N) is 2. The van der Waals surface area contributed by atoms with Crippen LogP contribution in [0.2, 0.25) is 9.36 Å². The lowest BCUT2D eigenvalue weighted by atomic mass is 10.2. The van der Waals surface area contributed by atoms with E-state index in [0.717, 1.165) is 11.3 Å². The van der Waals surface area contributed by atoms with Crippen LogP contribution in [-0.2, 0) is 20.0 Å². The molecule has 5 aromatic rings. The fourth-order valence-electron chi connectivity index (χ4n) is 3.51. The van der Waals surface area contributed by atoms with E-state index in [0.29, 0.717) is 32.4 Å². The van der Waals surface area contributed by atoms with Gasteiger partial charge in [-0.25, -0.2) is 21.8 Å². The van der Waals surface area contributed by atoms with Crippen molar-refractivity contribution < 1.29 is 26.0 Å². The van der Waals surface area contributed by atoms with Crippen LogP contribution in [0.3, 0.4) is 0 Å². The second kappa shape index (κ2) is 10.1. The van der Waals surface area contributed by atoms with E-state index in [1.165, 1.54) is 37.4 Å². The molecule has 0 unspecified atom stereocenters. The van der Waals surface area contributed by atoms with Gasteiger partial charge in [-0.15, -0.1) is 11.3 Å². The maximum atomic E-state index is 12.9. The first-order valence-electron chi connectivity index (χ1n) is 10.7. The Morgan fingerprint density at radius 2 is 1.55 bits per heavy atom. The van der Waals surface area contributed by atoms with Crippen LogP contribution in [0, 0.1) is 0 Å². The number of anilines is 2. The second-order valence-corrected chi connectivity index (χ2v) is 13.6. The average molecular weight is 611 g/mol. The van der Waals surface area contributed by atoms with Gasteiger partial charge in [-0.1, -0.05) is 23.2 Å². The second-order valence-electron chi connectivity index (χ2n) is 7.84. The Bertz CT molecular complexity index is 1870. The van der Waals surface area contributed by atoms with Gasteiger partial charge in [0, 0.05) is 16.3 Å². The zero-order valence-electron chi connectivity index (χ0n) is 19.3. The fraction of sp³-hybridized carbons (Fsp3) is 0.0417. The van der Waals surface area contributed by atoms with E-state index in [-0.39, 0.29) is 25.8 Å². The zero-order valence-corrected chi connectivity index (χ0v) is 23.3. The topological polar surface area (TPSA) is 128 Å². The summed E-state index contributed by atoms with van der Waals surface area (Å²) in [6.07, 6.45) is 0. The molecule has 0 aliphatic rings. The molecule has 0 saturated carbocycles. The number of thiophene rings is 1. The van der Waals surface area contributed by atoms with Crippen LogP contribution in [0.5, 0.6) is 5.75 Å². The molecule has 0 fully saturated rings. The summed E-state index contributed by atoms with van der Waals surface area (Å²) in [5.74, 6) is 0.432. The fourth-order valence-corrected chi connectivity index (χ4v) is 7.54. The third-order valence-electron chi connectivity index (χ3n) is 5.25. The lowest BCUT2D eigenvalue weighted by molar-refractivity contribution is 0.403. The van der Waals surface area contributed by atoms with Crippen molar-refractivity contribution in [2.24, 2.45) is 0 Å². The highest BCUT2D eigenvalue weighted by Crippen LogP contribution is 2.32. The van der Waals surface area contributed by atoms with Gasteiger partial charge in [0.15, 0.2) is 5.58 Å². The van der Waals surface area contributed by atoms with Crippen LogP contribution >= 0.6 is 34.5 Å². The van der Waals surface area contributed by atoms with Crippen LogP contribution in [0.4, 0.5) is 11.4 Å². The standard InChI is InChI=1S/C24H17Cl2N3O6S3/c1-34-20-8-4-15(25)12-21(20)37(30,31)28-16-5-2-14(3-6-16)24-27-18-13-17(7-9-19(18)35-24)29-38(32,33)23-11-10-22(26)36-23/h2-13,28-29H,1H3. The normalized spacial score (nSPS) is 12.0. The number of nitrogens with zero attached hydrogens (tertiary/aromatic N) is 1. The number of halogens is 2. The molecule has 0 spiro atoms. The highest BCUT2D eigenvalue weighted by Gasteiger charge is 2.21. The lowest BCUT2D eigenvalue weighted by Crippen LogP contribution is -2.14. The first-order chi connectivity index (χ1) is 18.0. The molecular weight excluding hydrogens is 593 g/mol. The van der Waals surface area contributed by atoms with Crippen LogP contribution in [0.1, 0.15) is 0 Å². The molecule has 0 saturated heterocycles. The summed E-state index contributed by atoms with van der Waals surface area (Å²) in [6, 6.07) is 18.4. The molecule has 0 radical (unpaired) electrons. The number of sulfonamides is 2. The minimum Gasteiger partial charge on any atom is -0.495 e. The zero-order chi connectivity index (χ0) is 27.1. The van der Waals surface area contributed by atoms with Crippen LogP contribution in [0.25, 0.3) is 22.6 Å². The van der Waals surface area contributed by atoms with Gasteiger partial charge in [-0.05, 0) is 72.8 Å². The number of methoxy groups -OCH3 is 1. The van der Waals surface area contributed by atoms with Gasteiger partial charge in [0.1, 0.15) is 20.4 Å². The summed E-state index contributed by atoms with van der Waals surface area (Å²) in [5, 5.41) is 0.254. The number of ether oxygens (including phenoxy) is 1. The summed E-state index contributed by atoms with van der Waals surface area (Å²) in [4.78, 5) is 4.35. The molecule has 0 aliphatic heterocycles. The number of hydrogen-bond donors (Lipinski definition) is 2. The summed E-state index contributed by atoms with van der Waals surface area (Å²) in [5.41, 5.74) is 2.07. The molecule has 5 rings (SSSR count). The molecule has 2 heterocycles. The average Bonchev–Trinajstić information content (AvgIpc) is 3.50. The number of fused-ring (bicyclic) bond motifs is 1. The van der Waals surface area contributed by atoms with E-state index >= 15 is 0 Å². The minimum atomic E-state index is -3.98. The molecule has 2 aromatic heterocycles. The Labute approximate surface area is 232 Å². The highest BCUT2D eigenvalue weighted by atomic mass is 35.5. The van der Waals surface area contributed by atoms with E-state index in [2.05, 4.69) is 14.4 Å². The van der Waals surface area contributed by atoms with Gasteiger partial charge >= 0.3 is 0 Å². The Balaban J connectivity index is 1.36. The smallest absolute Gasteiger partial charge is 0.271 e. The van der Waals surface area contributed by atoms with Crippen LogP contribution < -0.4 is 14.2 Å². The maximum absolute atomic E-state index is 12.9. The summed E-state index contributed by atoms with van der Waals surface area (Å²) in [7, 11) is -6.41. The molecule has 2 N–H and O–H groups in total. The molecule has 0 bridgehead atoms. The van der Waals surface area contributed by atoms with Crippen molar-refractivity contribution in [3.05, 3.63) is 82.2 Å². The van der Waals surface area contributed by atoms with Gasteiger partial charge in [0.25, 0.3) is 20.0 Å². The third-order valence-corrected chi connectivity index (χ3v) is 9.99. The van der Waals surface area contributed by atoms with Crippen LogP contribution in [-0.4, -0.2) is 28.9 Å². The molecule has 0 amide bonds. The lowest BCUT2D eigenvalue weighted by Gasteiger charge is -2.12. The summed E-state index contributed by atoms with van der Waals surface area (Å²) < 4.78 is 67.4. The Hall–Kier alpha value is -3.29. The monoisotopic (exact) mass is 609 g/mol. The van der Waals surface area contributed by atoms with Crippen molar-refractivity contribution in [1.29, 1.82) is 0 Å². The number of hydrogen-bond acceptors (Lipinski definition) is 8. The molecule has 0 atom stereocenters. The first kappa shape index (κ1) is 26.3. The molecular formula is C24H17Cl2N3O6S3. The molecule has 14 heteroatoms. The van der Waals surface area contributed by atoms with Crippen molar-refractivity contribution in [2.45, 2.75) is 9.10 Å². The van der Waals surface area contributed by atoms with Crippen molar-refractivity contribution in [2.75, 3.05) is 16.6 Å². The third kappa shape index (κ3) is 5.45. The Kier molecular flexibility index (Phi) is 7.01. The Morgan fingerprint density at radius 3 is 2.24 bits per heavy atom. The van der Waals surface area contributed by atoms with Crippen molar-refractivity contribution >= 4 is 77.1 Å². The van der Waals surface area contributed by atoms with E-state index < -0.39 is 20.0 Å². The number of benzene rings is 3.